The van der Waals surface area contributed by atoms with Gasteiger partial charge in [0.15, 0.2) is 0 Å². The van der Waals surface area contributed by atoms with Gasteiger partial charge in [-0.2, -0.15) is 0 Å². The van der Waals surface area contributed by atoms with Crippen molar-refractivity contribution in [3.63, 3.8) is 0 Å². The number of carbonyl (C=O) groups is 1. The van der Waals surface area contributed by atoms with Gasteiger partial charge in [0.05, 0.1) is 13.7 Å². The normalized spacial score (nSPS) is 19.4. The molecule has 1 aliphatic heterocycles. The first-order valence-electron chi connectivity index (χ1n) is 7.37. The molecule has 1 atom stereocenters. The molecule has 1 aromatic carbocycles. The molecule has 0 aromatic heterocycles. The molecule has 1 fully saturated rings. The molecule has 1 saturated carbocycles. The molecule has 4 heteroatoms. The molecule has 1 N–H and O–H groups in total. The number of hydrogen-bond acceptors (Lipinski definition) is 4. The van der Waals surface area contributed by atoms with E-state index in [0.717, 1.165) is 37.2 Å². The molecule has 0 bridgehead atoms. The van der Waals surface area contributed by atoms with Crippen LogP contribution in [0.3, 0.4) is 0 Å². The van der Waals surface area contributed by atoms with Gasteiger partial charge in [-0.3, -0.25) is 5.32 Å². The average molecular weight is 275 g/mol. The number of fused-ring (bicyclic) bond motifs is 1. The van der Waals surface area contributed by atoms with Crippen LogP contribution in [0.1, 0.15) is 42.9 Å². The number of methoxy groups -OCH3 is 1. The van der Waals surface area contributed by atoms with Crippen LogP contribution < -0.4 is 10.1 Å². The Bertz CT molecular complexity index is 494. The van der Waals surface area contributed by atoms with Crippen molar-refractivity contribution >= 4 is 5.97 Å². The lowest BCUT2D eigenvalue weighted by Crippen LogP contribution is -2.36. The third-order valence-corrected chi connectivity index (χ3v) is 4.24. The predicted molar refractivity (Wildman–Crippen MR) is 75.8 cm³/mol. The van der Waals surface area contributed by atoms with Crippen molar-refractivity contribution < 1.29 is 14.3 Å². The number of carbonyl (C=O) groups excluding carboxylic acids is 1. The molecule has 108 valence electrons. The third-order valence-electron chi connectivity index (χ3n) is 4.24. The Morgan fingerprint density at radius 3 is 2.95 bits per heavy atom. The van der Waals surface area contributed by atoms with Crippen LogP contribution in [-0.4, -0.2) is 25.7 Å². The summed E-state index contributed by atoms with van der Waals surface area (Å²) in [5.74, 6) is 0.731. The summed E-state index contributed by atoms with van der Waals surface area (Å²) in [6.45, 7) is 0.734. The second-order valence-corrected chi connectivity index (χ2v) is 5.57. The van der Waals surface area contributed by atoms with Crippen LogP contribution in [0.4, 0.5) is 0 Å². The molecular formula is C16H21NO3. The molecule has 0 saturated heterocycles. The quantitative estimate of drug-likeness (QED) is 0.857. The summed E-state index contributed by atoms with van der Waals surface area (Å²) in [7, 11) is 1.45. The molecular weight excluding hydrogens is 254 g/mol. The van der Waals surface area contributed by atoms with Crippen LogP contribution in [-0.2, 0) is 16.0 Å². The molecule has 20 heavy (non-hydrogen) atoms. The summed E-state index contributed by atoms with van der Waals surface area (Å²) >= 11 is 0. The van der Waals surface area contributed by atoms with E-state index in [9.17, 15) is 4.79 Å². The summed E-state index contributed by atoms with van der Waals surface area (Å²) in [6.07, 6.45) is 5.68. The first-order valence-corrected chi connectivity index (χ1v) is 7.37. The predicted octanol–water partition coefficient (Wildman–Crippen LogP) is 2.37. The molecule has 0 radical (unpaired) electrons. The number of benzene rings is 1. The van der Waals surface area contributed by atoms with Crippen molar-refractivity contribution in [2.24, 2.45) is 0 Å². The minimum Gasteiger partial charge on any atom is -0.493 e. The highest BCUT2D eigenvalue weighted by atomic mass is 16.5. The number of rotatable bonds is 4. The van der Waals surface area contributed by atoms with E-state index in [1.807, 2.05) is 12.1 Å². The van der Waals surface area contributed by atoms with E-state index in [0.29, 0.717) is 6.04 Å². The van der Waals surface area contributed by atoms with E-state index in [1.165, 1.54) is 25.5 Å². The van der Waals surface area contributed by atoms with Crippen LogP contribution in [0.5, 0.6) is 5.75 Å². The molecule has 1 aromatic rings. The van der Waals surface area contributed by atoms with E-state index in [2.05, 4.69) is 11.4 Å². The lowest BCUT2D eigenvalue weighted by atomic mass is 10.0. The Labute approximate surface area is 119 Å². The van der Waals surface area contributed by atoms with Crippen LogP contribution in [0, 0.1) is 0 Å². The highest BCUT2D eigenvalue weighted by Crippen LogP contribution is 2.30. The second kappa shape index (κ2) is 5.83. The fourth-order valence-corrected chi connectivity index (χ4v) is 3.13. The van der Waals surface area contributed by atoms with Crippen LogP contribution in [0.15, 0.2) is 18.2 Å². The van der Waals surface area contributed by atoms with Gasteiger partial charge in [-0.1, -0.05) is 18.9 Å². The van der Waals surface area contributed by atoms with E-state index >= 15 is 0 Å². The maximum Gasteiger partial charge on any atom is 0.327 e. The van der Waals surface area contributed by atoms with Gasteiger partial charge >= 0.3 is 5.97 Å². The first kappa shape index (κ1) is 13.4. The van der Waals surface area contributed by atoms with E-state index in [1.54, 1.807) is 0 Å². The fourth-order valence-electron chi connectivity index (χ4n) is 3.13. The summed E-state index contributed by atoms with van der Waals surface area (Å²) in [5.41, 5.74) is 2.16. The standard InChI is InChI=1S/C16H21NO3/c1-19-16(18)15(17-13-4-2-3-5-13)12-6-7-14-11(10-12)8-9-20-14/h6-7,10,13,15,17H,2-5,8-9H2,1H3. The number of nitrogens with one attached hydrogen (secondary N) is 1. The highest BCUT2D eigenvalue weighted by molar-refractivity contribution is 5.77. The number of hydrogen-bond donors (Lipinski definition) is 1. The summed E-state index contributed by atoms with van der Waals surface area (Å²) in [6, 6.07) is 6.06. The average Bonchev–Trinajstić information content (AvgIpc) is 3.14. The Hall–Kier alpha value is -1.55. The van der Waals surface area contributed by atoms with Gasteiger partial charge in [-0.25, -0.2) is 4.79 Å². The SMILES string of the molecule is COC(=O)C(NC1CCCC1)c1ccc2c(c1)CCO2. The van der Waals surface area contributed by atoms with E-state index in [4.69, 9.17) is 9.47 Å². The zero-order chi connectivity index (χ0) is 13.9. The van der Waals surface area contributed by atoms with Crippen molar-refractivity contribution in [1.82, 2.24) is 5.32 Å². The zero-order valence-corrected chi connectivity index (χ0v) is 11.9. The summed E-state index contributed by atoms with van der Waals surface area (Å²) in [4.78, 5) is 12.1. The van der Waals surface area contributed by atoms with Crippen LogP contribution in [0.2, 0.25) is 0 Å². The van der Waals surface area contributed by atoms with Gasteiger partial charge < -0.3 is 9.47 Å². The van der Waals surface area contributed by atoms with Crippen LogP contribution in [0.25, 0.3) is 0 Å². The Balaban J connectivity index is 1.82. The Morgan fingerprint density at radius 1 is 1.40 bits per heavy atom. The lowest BCUT2D eigenvalue weighted by Gasteiger charge is -2.21. The van der Waals surface area contributed by atoms with Crippen molar-refractivity contribution in [3.05, 3.63) is 29.3 Å². The topological polar surface area (TPSA) is 47.6 Å². The minimum atomic E-state index is -0.367. The second-order valence-electron chi connectivity index (χ2n) is 5.57. The van der Waals surface area contributed by atoms with Crippen molar-refractivity contribution in [3.8, 4) is 5.75 Å². The summed E-state index contributed by atoms with van der Waals surface area (Å²) < 4.78 is 10.5. The minimum absolute atomic E-state index is 0.212. The smallest absolute Gasteiger partial charge is 0.327 e. The maximum atomic E-state index is 12.1. The summed E-state index contributed by atoms with van der Waals surface area (Å²) in [5, 5.41) is 3.46. The lowest BCUT2D eigenvalue weighted by molar-refractivity contribution is -0.143. The monoisotopic (exact) mass is 275 g/mol. The van der Waals surface area contributed by atoms with Crippen molar-refractivity contribution in [2.75, 3.05) is 13.7 Å². The van der Waals surface area contributed by atoms with Crippen molar-refractivity contribution in [1.29, 1.82) is 0 Å². The maximum absolute atomic E-state index is 12.1. The molecule has 0 amide bonds. The van der Waals surface area contributed by atoms with Gasteiger partial charge in [0.1, 0.15) is 11.8 Å². The molecule has 3 rings (SSSR count). The highest BCUT2D eigenvalue weighted by Gasteiger charge is 2.27. The first-order chi connectivity index (χ1) is 9.78. The fraction of sp³-hybridized carbons (Fsp3) is 0.562. The zero-order valence-electron chi connectivity index (χ0n) is 11.9. The van der Waals surface area contributed by atoms with Gasteiger partial charge in [0.25, 0.3) is 0 Å². The van der Waals surface area contributed by atoms with Gasteiger partial charge in [0, 0.05) is 12.5 Å². The number of esters is 1. The molecule has 1 unspecified atom stereocenters. The van der Waals surface area contributed by atoms with Gasteiger partial charge in [-0.15, -0.1) is 0 Å². The molecule has 1 heterocycles. The molecule has 4 nitrogen and oxygen atoms in total. The van der Waals surface area contributed by atoms with Crippen molar-refractivity contribution in [2.45, 2.75) is 44.2 Å². The third kappa shape index (κ3) is 2.66. The van der Waals surface area contributed by atoms with E-state index < -0.39 is 0 Å². The van der Waals surface area contributed by atoms with Crippen LogP contribution >= 0.6 is 0 Å². The van der Waals surface area contributed by atoms with Gasteiger partial charge in [0.2, 0.25) is 0 Å². The Morgan fingerprint density at radius 2 is 2.20 bits per heavy atom. The van der Waals surface area contributed by atoms with E-state index in [-0.39, 0.29) is 12.0 Å². The molecule has 0 spiro atoms. The largest absolute Gasteiger partial charge is 0.493 e. The molecule has 1 aliphatic carbocycles. The van der Waals surface area contributed by atoms with Gasteiger partial charge in [-0.05, 0) is 36.1 Å². The number of ether oxygens (including phenoxy) is 2. The molecule has 2 aliphatic rings. The Kier molecular flexibility index (Phi) is 3.92.